The van der Waals surface area contributed by atoms with Crippen molar-refractivity contribution in [1.82, 2.24) is 14.5 Å². The van der Waals surface area contributed by atoms with Gasteiger partial charge in [0, 0.05) is 43.2 Å². The van der Waals surface area contributed by atoms with Crippen LogP contribution in [0.15, 0.2) is 163 Å². The van der Waals surface area contributed by atoms with Gasteiger partial charge in [0.15, 0.2) is 5.82 Å². The average molecular weight is 630 g/mol. The van der Waals surface area contributed by atoms with Gasteiger partial charge in [-0.05, 0) is 75.5 Å². The van der Waals surface area contributed by atoms with Crippen LogP contribution >= 0.6 is 11.3 Å². The molecule has 3 aromatic heterocycles. The summed E-state index contributed by atoms with van der Waals surface area (Å²) in [4.78, 5) is 10.2. The highest BCUT2D eigenvalue weighted by atomic mass is 32.1. The van der Waals surface area contributed by atoms with Crippen LogP contribution < -0.4 is 0 Å². The molecule has 48 heavy (non-hydrogen) atoms. The summed E-state index contributed by atoms with van der Waals surface area (Å²) in [5.74, 6) is 0.709. The molecule has 0 aliphatic heterocycles. The van der Waals surface area contributed by atoms with Crippen LogP contribution in [0.2, 0.25) is 0 Å². The number of rotatable bonds is 4. The predicted molar refractivity (Wildman–Crippen MR) is 203 cm³/mol. The van der Waals surface area contributed by atoms with Gasteiger partial charge in [-0.3, -0.25) is 0 Å². The molecule has 10 aromatic rings. The molecule has 0 spiro atoms. The van der Waals surface area contributed by atoms with E-state index in [-0.39, 0.29) is 0 Å². The molecule has 0 bridgehead atoms. The van der Waals surface area contributed by atoms with Crippen LogP contribution in [0.5, 0.6) is 0 Å². The lowest BCUT2D eigenvalue weighted by molar-refractivity contribution is 1.17. The lowest BCUT2D eigenvalue weighted by Crippen LogP contribution is -1.97. The Bertz CT molecular complexity index is 2760. The van der Waals surface area contributed by atoms with E-state index in [1.807, 2.05) is 12.1 Å². The molecule has 0 unspecified atom stereocenters. The lowest BCUT2D eigenvalue weighted by atomic mass is 9.96. The first-order valence-electron chi connectivity index (χ1n) is 16.2. The van der Waals surface area contributed by atoms with Crippen molar-refractivity contribution < 1.29 is 0 Å². The summed E-state index contributed by atoms with van der Waals surface area (Å²) in [6.45, 7) is 0. The molecule has 3 nitrogen and oxygen atoms in total. The van der Waals surface area contributed by atoms with Crippen LogP contribution in [-0.2, 0) is 0 Å². The fourth-order valence-electron chi connectivity index (χ4n) is 7.25. The number of hydrogen-bond donors (Lipinski definition) is 0. The van der Waals surface area contributed by atoms with Crippen LogP contribution in [0.1, 0.15) is 0 Å². The van der Waals surface area contributed by atoms with Crippen molar-refractivity contribution in [3.05, 3.63) is 163 Å². The van der Waals surface area contributed by atoms with Crippen LogP contribution in [0, 0.1) is 0 Å². The van der Waals surface area contributed by atoms with Crippen molar-refractivity contribution in [3.8, 4) is 39.6 Å². The summed E-state index contributed by atoms with van der Waals surface area (Å²) in [7, 11) is 0. The minimum absolute atomic E-state index is 0.709. The molecule has 0 N–H and O–H groups in total. The normalized spacial score (nSPS) is 11.8. The Labute approximate surface area is 281 Å². The maximum atomic E-state index is 5.08. The van der Waals surface area contributed by atoms with Crippen molar-refractivity contribution in [1.29, 1.82) is 0 Å². The number of benzene rings is 7. The first-order valence-corrected chi connectivity index (χ1v) is 17.0. The predicted octanol–water partition coefficient (Wildman–Crippen LogP) is 12.1. The van der Waals surface area contributed by atoms with Gasteiger partial charge in [-0.15, -0.1) is 11.3 Å². The van der Waals surface area contributed by atoms with Crippen molar-refractivity contribution in [2.45, 2.75) is 0 Å². The van der Waals surface area contributed by atoms with Gasteiger partial charge in [0.1, 0.15) is 0 Å². The highest BCUT2D eigenvalue weighted by Gasteiger charge is 2.20. The fraction of sp³-hybridized carbons (Fsp3) is 0. The molecular formula is C44H27N3S. The Balaban J connectivity index is 1.22. The summed E-state index contributed by atoms with van der Waals surface area (Å²) in [5, 5.41) is 11.1. The van der Waals surface area contributed by atoms with E-state index in [1.165, 1.54) is 53.4 Å². The standard InChI is InChI=1S/C44H27N3S/c1-3-11-28(12-4-1)38-27-39(29-13-5-2-6-14-29)46-44(45-38)30-19-21-32(22-20-30)47-40-25-31-23-24-48-41(31)26-37(40)42-35-17-9-7-15-33(35)34-16-8-10-18-36(34)43(42)47/h1-27H. The summed E-state index contributed by atoms with van der Waals surface area (Å²) in [6, 6.07) is 56.2. The second-order valence-electron chi connectivity index (χ2n) is 12.2. The molecule has 0 aliphatic rings. The third kappa shape index (κ3) is 4.20. The highest BCUT2D eigenvalue weighted by Crippen LogP contribution is 2.44. The van der Waals surface area contributed by atoms with Crippen molar-refractivity contribution in [3.63, 3.8) is 0 Å². The van der Waals surface area contributed by atoms with Gasteiger partial charge >= 0.3 is 0 Å². The number of nitrogens with zero attached hydrogens (tertiary/aromatic N) is 3. The van der Waals surface area contributed by atoms with Crippen molar-refractivity contribution in [2.75, 3.05) is 0 Å². The van der Waals surface area contributed by atoms with Crippen molar-refractivity contribution >= 4 is 64.8 Å². The second-order valence-corrected chi connectivity index (χ2v) is 13.2. The largest absolute Gasteiger partial charge is 0.309 e. The summed E-state index contributed by atoms with van der Waals surface area (Å²) in [6.07, 6.45) is 0. The quantitative estimate of drug-likeness (QED) is 0.181. The SMILES string of the molecule is c1ccc(-c2cc(-c3ccccc3)nc(-c3ccc(-n4c5cc6ccsc6cc5c5c6ccccc6c6ccccc6c54)cc3)n2)cc1. The van der Waals surface area contributed by atoms with E-state index >= 15 is 0 Å². The van der Waals surface area contributed by atoms with E-state index in [0.29, 0.717) is 5.82 Å². The minimum Gasteiger partial charge on any atom is -0.309 e. The minimum atomic E-state index is 0.709. The zero-order valence-corrected chi connectivity index (χ0v) is 26.7. The molecule has 4 heteroatoms. The third-order valence-electron chi connectivity index (χ3n) is 9.46. The smallest absolute Gasteiger partial charge is 0.160 e. The van der Waals surface area contributed by atoms with E-state index in [9.17, 15) is 0 Å². The molecule has 10 rings (SSSR count). The molecule has 0 saturated carbocycles. The maximum absolute atomic E-state index is 5.08. The molecule has 0 atom stereocenters. The first-order chi connectivity index (χ1) is 23.8. The highest BCUT2D eigenvalue weighted by molar-refractivity contribution is 7.17. The number of thiophene rings is 1. The zero-order chi connectivity index (χ0) is 31.6. The molecule has 0 fully saturated rings. The molecule has 0 amide bonds. The van der Waals surface area contributed by atoms with Gasteiger partial charge in [-0.2, -0.15) is 0 Å². The number of hydrogen-bond acceptors (Lipinski definition) is 3. The molecule has 224 valence electrons. The van der Waals surface area contributed by atoms with Crippen LogP contribution in [0.4, 0.5) is 0 Å². The first kappa shape index (κ1) is 27.1. The van der Waals surface area contributed by atoms with Gasteiger partial charge in [-0.1, -0.05) is 109 Å². The summed E-state index contributed by atoms with van der Waals surface area (Å²) < 4.78 is 3.76. The molecule has 0 radical (unpaired) electrons. The van der Waals surface area contributed by atoms with E-state index in [0.717, 1.165) is 33.8 Å². The Kier molecular flexibility index (Phi) is 6.05. The second kappa shape index (κ2) is 10.7. The molecule has 3 heterocycles. The van der Waals surface area contributed by atoms with Crippen LogP contribution in [0.3, 0.4) is 0 Å². The Hall–Kier alpha value is -6.10. The summed E-state index contributed by atoms with van der Waals surface area (Å²) >= 11 is 1.80. The van der Waals surface area contributed by atoms with Crippen LogP contribution in [0.25, 0.3) is 93.0 Å². The number of fused-ring (bicyclic) bond motifs is 9. The Morgan fingerprint density at radius 3 is 1.71 bits per heavy atom. The van der Waals surface area contributed by atoms with Gasteiger partial charge in [0.05, 0.1) is 22.4 Å². The molecular weight excluding hydrogens is 603 g/mol. The Morgan fingerprint density at radius 2 is 1.04 bits per heavy atom. The molecule has 0 saturated heterocycles. The fourth-order valence-corrected chi connectivity index (χ4v) is 8.06. The van der Waals surface area contributed by atoms with E-state index in [2.05, 4.69) is 156 Å². The Morgan fingerprint density at radius 1 is 0.458 bits per heavy atom. The van der Waals surface area contributed by atoms with Crippen LogP contribution in [-0.4, -0.2) is 14.5 Å². The van der Waals surface area contributed by atoms with Gasteiger partial charge < -0.3 is 4.57 Å². The lowest BCUT2D eigenvalue weighted by Gasteiger charge is -2.13. The van der Waals surface area contributed by atoms with E-state index in [1.54, 1.807) is 11.3 Å². The number of aromatic nitrogens is 3. The molecule has 7 aromatic carbocycles. The zero-order valence-electron chi connectivity index (χ0n) is 25.8. The van der Waals surface area contributed by atoms with E-state index < -0.39 is 0 Å². The average Bonchev–Trinajstić information content (AvgIpc) is 3.77. The maximum Gasteiger partial charge on any atom is 0.160 e. The van der Waals surface area contributed by atoms with Crippen molar-refractivity contribution in [2.24, 2.45) is 0 Å². The van der Waals surface area contributed by atoms with Gasteiger partial charge in [-0.25, -0.2) is 9.97 Å². The third-order valence-corrected chi connectivity index (χ3v) is 10.3. The van der Waals surface area contributed by atoms with E-state index in [4.69, 9.17) is 9.97 Å². The molecule has 0 aliphatic carbocycles. The van der Waals surface area contributed by atoms with Gasteiger partial charge in [0.25, 0.3) is 0 Å². The monoisotopic (exact) mass is 629 g/mol. The van der Waals surface area contributed by atoms with Gasteiger partial charge in [0.2, 0.25) is 0 Å². The topological polar surface area (TPSA) is 30.7 Å². The summed E-state index contributed by atoms with van der Waals surface area (Å²) in [5.41, 5.74) is 8.48.